The van der Waals surface area contributed by atoms with E-state index in [-0.39, 0.29) is 12.4 Å². The van der Waals surface area contributed by atoms with E-state index in [0.29, 0.717) is 18.0 Å². The van der Waals surface area contributed by atoms with E-state index in [2.05, 4.69) is 62.4 Å². The molecule has 3 aromatic rings. The average Bonchev–Trinajstić information content (AvgIpc) is 2.68. The van der Waals surface area contributed by atoms with Crippen molar-refractivity contribution in [2.24, 2.45) is 0 Å². The first-order valence-corrected chi connectivity index (χ1v) is 9.10. The molecule has 0 saturated carbocycles. The summed E-state index contributed by atoms with van der Waals surface area (Å²) in [5.74, 6) is -0.354. The second-order valence-electron chi connectivity index (χ2n) is 6.96. The molecule has 1 N–H and O–H groups in total. The summed E-state index contributed by atoms with van der Waals surface area (Å²) in [6, 6.07) is 19.8. The number of aromatic carboxylic acids is 1. The van der Waals surface area contributed by atoms with Crippen LogP contribution in [0.15, 0.2) is 73.1 Å². The molecule has 0 fully saturated rings. The lowest BCUT2D eigenvalue weighted by Crippen LogP contribution is -3.00. The molecule has 4 heteroatoms. The van der Waals surface area contributed by atoms with Gasteiger partial charge in [-0.05, 0) is 34.7 Å². The Labute approximate surface area is 172 Å². The van der Waals surface area contributed by atoms with Gasteiger partial charge in [0, 0.05) is 17.7 Å². The summed E-state index contributed by atoms with van der Waals surface area (Å²) in [6.45, 7) is 5.03. The second-order valence-corrected chi connectivity index (χ2v) is 6.96. The first-order chi connectivity index (χ1) is 13.0. The minimum absolute atomic E-state index is 0. The number of benzene rings is 2. The fourth-order valence-electron chi connectivity index (χ4n) is 2.88. The van der Waals surface area contributed by atoms with Crippen LogP contribution in [0.4, 0.5) is 0 Å². The molecule has 2 aromatic carbocycles. The van der Waals surface area contributed by atoms with Gasteiger partial charge in [-0.2, -0.15) is 0 Å². The van der Waals surface area contributed by atoms with Gasteiger partial charge in [-0.1, -0.05) is 62.4 Å². The molecule has 0 radical (unpaired) electrons. The van der Waals surface area contributed by atoms with Crippen molar-refractivity contribution < 1.29 is 26.9 Å². The monoisotopic (exact) mass is 393 g/mol. The lowest BCUT2D eigenvalue weighted by Gasteiger charge is -2.04. The summed E-state index contributed by atoms with van der Waals surface area (Å²) in [7, 11) is 0. The van der Waals surface area contributed by atoms with Gasteiger partial charge in [0.05, 0.1) is 5.56 Å². The largest absolute Gasteiger partial charge is 1.00 e. The number of aromatic nitrogens is 1. The van der Waals surface area contributed by atoms with Gasteiger partial charge in [0.2, 0.25) is 0 Å². The van der Waals surface area contributed by atoms with Crippen molar-refractivity contribution in [3.8, 4) is 0 Å². The van der Waals surface area contributed by atoms with Crippen LogP contribution in [0.3, 0.4) is 0 Å². The molecular weight excluding hydrogens is 370 g/mol. The maximum Gasteiger partial charge on any atom is 0.335 e. The number of hydrogen-bond donors (Lipinski definition) is 1. The lowest BCUT2D eigenvalue weighted by atomic mass is 10.0. The summed E-state index contributed by atoms with van der Waals surface area (Å²) < 4.78 is 2.04. The zero-order valence-electron chi connectivity index (χ0n) is 16.0. The highest BCUT2D eigenvalue weighted by Crippen LogP contribution is 2.16. The summed E-state index contributed by atoms with van der Waals surface area (Å²) in [5.41, 5.74) is 4.93. The molecule has 0 aliphatic rings. The summed E-state index contributed by atoms with van der Waals surface area (Å²) in [4.78, 5) is 11.1. The van der Waals surface area contributed by atoms with Crippen LogP contribution in [0.2, 0.25) is 0 Å². The number of carbonyl (C=O) groups is 1. The van der Waals surface area contributed by atoms with E-state index in [1.807, 2.05) is 23.0 Å². The molecule has 1 heterocycles. The summed E-state index contributed by atoms with van der Waals surface area (Å²) >= 11 is 0. The highest BCUT2D eigenvalue weighted by Gasteiger charge is 2.07. The summed E-state index contributed by atoms with van der Waals surface area (Å²) in [6.07, 6.45) is 8.23. The number of pyridine rings is 1. The van der Waals surface area contributed by atoms with Gasteiger partial charge in [0.1, 0.15) is 0 Å². The van der Waals surface area contributed by atoms with Crippen molar-refractivity contribution >= 4 is 18.1 Å². The van der Waals surface area contributed by atoms with Crippen molar-refractivity contribution in [2.45, 2.75) is 26.3 Å². The van der Waals surface area contributed by atoms with E-state index in [1.165, 1.54) is 11.1 Å². The lowest BCUT2D eigenvalue weighted by molar-refractivity contribution is -0.688. The number of nitrogens with zero attached hydrogens (tertiary/aromatic N) is 1. The molecule has 0 atom stereocenters. The van der Waals surface area contributed by atoms with Crippen molar-refractivity contribution in [2.75, 3.05) is 0 Å². The van der Waals surface area contributed by atoms with Crippen molar-refractivity contribution in [3.63, 3.8) is 0 Å². The van der Waals surface area contributed by atoms with Crippen molar-refractivity contribution in [3.05, 3.63) is 101 Å². The fraction of sp³-hybridized carbons (Fsp3) is 0.167. The van der Waals surface area contributed by atoms with E-state index in [1.54, 1.807) is 18.2 Å². The maximum atomic E-state index is 11.1. The van der Waals surface area contributed by atoms with Gasteiger partial charge in [-0.3, -0.25) is 0 Å². The number of carboxylic acids is 1. The number of halogens is 1. The molecule has 28 heavy (non-hydrogen) atoms. The van der Waals surface area contributed by atoms with E-state index in [4.69, 9.17) is 5.11 Å². The van der Waals surface area contributed by atoms with Crippen LogP contribution in [-0.4, -0.2) is 11.1 Å². The van der Waals surface area contributed by atoms with Crippen molar-refractivity contribution in [1.82, 2.24) is 0 Å². The second kappa shape index (κ2) is 9.86. The first kappa shape index (κ1) is 21.4. The van der Waals surface area contributed by atoms with Gasteiger partial charge in [0.25, 0.3) is 0 Å². The molecule has 0 aliphatic carbocycles. The van der Waals surface area contributed by atoms with Crippen molar-refractivity contribution in [1.29, 1.82) is 0 Å². The standard InChI is InChI=1S/C24H23NO2.ClH/c1-18(2)22-10-8-19(9-11-22)6-7-20-12-14-25(15-13-20)17-21-4-3-5-23(16-21)24(26)27;/h3-16,18H,17H2,1-2H3;1H/b7-6-;. The Kier molecular flexibility index (Phi) is 7.53. The predicted octanol–water partition coefficient (Wildman–Crippen LogP) is 2.02. The van der Waals surface area contributed by atoms with Crippen LogP contribution in [0.25, 0.3) is 12.2 Å². The normalized spacial score (nSPS) is 10.8. The Hall–Kier alpha value is -2.91. The topological polar surface area (TPSA) is 41.2 Å². The van der Waals surface area contributed by atoms with Gasteiger partial charge < -0.3 is 17.5 Å². The third-order valence-electron chi connectivity index (χ3n) is 4.53. The van der Waals surface area contributed by atoms with E-state index >= 15 is 0 Å². The van der Waals surface area contributed by atoms with Crippen LogP contribution in [0.5, 0.6) is 0 Å². The Morgan fingerprint density at radius 1 is 0.964 bits per heavy atom. The van der Waals surface area contributed by atoms with E-state index in [9.17, 15) is 4.79 Å². The number of hydrogen-bond acceptors (Lipinski definition) is 1. The van der Waals surface area contributed by atoms with Gasteiger partial charge in [-0.25, -0.2) is 9.36 Å². The molecule has 0 saturated heterocycles. The van der Waals surface area contributed by atoms with Crippen LogP contribution >= 0.6 is 0 Å². The van der Waals surface area contributed by atoms with Crippen LogP contribution in [0, 0.1) is 0 Å². The molecule has 0 bridgehead atoms. The van der Waals surface area contributed by atoms with E-state index < -0.39 is 5.97 Å². The summed E-state index contributed by atoms with van der Waals surface area (Å²) in [5, 5.41) is 9.09. The van der Waals surface area contributed by atoms with Gasteiger partial charge >= 0.3 is 5.97 Å². The molecule has 0 spiro atoms. The predicted molar refractivity (Wildman–Crippen MR) is 109 cm³/mol. The Balaban J connectivity index is 0.00000280. The smallest absolute Gasteiger partial charge is 0.335 e. The highest BCUT2D eigenvalue weighted by molar-refractivity contribution is 5.87. The Morgan fingerprint density at radius 3 is 2.14 bits per heavy atom. The molecule has 3 rings (SSSR count). The number of carboxylic acid groups (broad SMARTS) is 1. The molecular formula is C24H24ClNO2. The van der Waals surface area contributed by atoms with Gasteiger partial charge in [0.15, 0.2) is 18.9 Å². The van der Waals surface area contributed by atoms with Crippen LogP contribution in [0.1, 0.15) is 52.4 Å². The zero-order chi connectivity index (χ0) is 19.2. The van der Waals surface area contributed by atoms with Crippen LogP contribution < -0.4 is 17.0 Å². The molecule has 0 unspecified atom stereocenters. The Morgan fingerprint density at radius 2 is 1.57 bits per heavy atom. The first-order valence-electron chi connectivity index (χ1n) is 9.10. The molecule has 144 valence electrons. The van der Waals surface area contributed by atoms with E-state index in [0.717, 1.165) is 11.1 Å². The van der Waals surface area contributed by atoms with Crippen LogP contribution in [-0.2, 0) is 6.54 Å². The van der Waals surface area contributed by atoms with Gasteiger partial charge in [-0.15, -0.1) is 0 Å². The molecule has 0 amide bonds. The minimum atomic E-state index is -0.899. The zero-order valence-corrected chi connectivity index (χ0v) is 16.8. The average molecular weight is 394 g/mol. The number of rotatable bonds is 6. The molecule has 3 nitrogen and oxygen atoms in total. The molecule has 1 aromatic heterocycles. The quantitative estimate of drug-likeness (QED) is 0.651. The third kappa shape index (κ3) is 5.80. The Bertz CT molecular complexity index is 945. The minimum Gasteiger partial charge on any atom is -1.00 e. The SMILES string of the molecule is CC(C)c1ccc(/C=C\c2cc[n+](Cc3cccc(C(=O)O)c3)cc2)cc1.[Cl-]. The molecule has 0 aliphatic heterocycles. The fourth-order valence-corrected chi connectivity index (χ4v) is 2.88. The third-order valence-corrected chi connectivity index (χ3v) is 4.53. The highest BCUT2D eigenvalue weighted by atomic mass is 35.5. The maximum absolute atomic E-state index is 11.1.